The van der Waals surface area contributed by atoms with Gasteiger partial charge in [0.05, 0.1) is 23.5 Å². The minimum Gasteiger partial charge on any atom is -0.407 e. The molecule has 0 aliphatic heterocycles. The number of ether oxygens (including phenoxy) is 1. The minimum atomic E-state index is -0.422. The first-order chi connectivity index (χ1) is 16.1. The van der Waals surface area contributed by atoms with Crippen LogP contribution in [0.4, 0.5) is 0 Å². The van der Waals surface area contributed by atoms with Crippen molar-refractivity contribution in [1.82, 2.24) is 19.5 Å². The lowest BCUT2D eigenvalue weighted by Gasteiger charge is -2.10. The molecular weight excluding hydrogens is 416 g/mol. The smallest absolute Gasteiger partial charge is 0.309 e. The molecule has 0 fully saturated rings. The highest BCUT2D eigenvalue weighted by atomic mass is 16.5. The summed E-state index contributed by atoms with van der Waals surface area (Å²) in [5.41, 5.74) is 5.63. The third-order valence-corrected chi connectivity index (χ3v) is 5.24. The molecule has 5 aromatic rings. The fourth-order valence-corrected chi connectivity index (χ4v) is 3.81. The van der Waals surface area contributed by atoms with E-state index in [-0.39, 0.29) is 0 Å². The molecule has 0 aliphatic carbocycles. The maximum Gasteiger partial charge on any atom is 0.309 e. The van der Waals surface area contributed by atoms with Crippen LogP contribution in [0.2, 0.25) is 0 Å². The Bertz CT molecular complexity index is 1420. The molecule has 3 aromatic heterocycles. The van der Waals surface area contributed by atoms with E-state index in [9.17, 15) is 4.79 Å². The van der Waals surface area contributed by atoms with E-state index in [1.54, 1.807) is 0 Å². The average molecular weight is 438 g/mol. The number of rotatable bonds is 6. The summed E-state index contributed by atoms with van der Waals surface area (Å²) in [6.45, 7) is 3.24. The summed E-state index contributed by atoms with van der Waals surface area (Å²) in [7, 11) is 0. The summed E-state index contributed by atoms with van der Waals surface area (Å²) < 4.78 is 12.8. The third-order valence-electron chi connectivity index (χ3n) is 5.24. The first-order valence-corrected chi connectivity index (χ1v) is 10.7. The topological polar surface area (TPSA) is 82.5 Å². The van der Waals surface area contributed by atoms with Crippen LogP contribution >= 0.6 is 0 Å². The third kappa shape index (κ3) is 4.39. The van der Waals surface area contributed by atoms with Crippen LogP contribution in [-0.4, -0.2) is 25.5 Å². The van der Waals surface area contributed by atoms with E-state index in [0.717, 1.165) is 28.2 Å². The Morgan fingerprint density at radius 3 is 2.36 bits per heavy atom. The largest absolute Gasteiger partial charge is 0.407 e. The highest BCUT2D eigenvalue weighted by Crippen LogP contribution is 2.29. The molecule has 0 amide bonds. The summed E-state index contributed by atoms with van der Waals surface area (Å²) in [6, 6.07) is 21.9. The Balaban J connectivity index is 1.71. The van der Waals surface area contributed by atoms with E-state index in [0.29, 0.717) is 35.8 Å². The van der Waals surface area contributed by atoms with Gasteiger partial charge in [-0.15, -0.1) is 0 Å². The highest BCUT2D eigenvalue weighted by molar-refractivity contribution is 5.70. The number of hydrogen-bond acceptors (Lipinski definition) is 6. The van der Waals surface area contributed by atoms with E-state index in [4.69, 9.17) is 19.2 Å². The molecule has 5 rings (SSSR count). The van der Waals surface area contributed by atoms with E-state index in [1.165, 1.54) is 6.92 Å². The molecule has 0 atom stereocenters. The van der Waals surface area contributed by atoms with Crippen LogP contribution in [0.1, 0.15) is 35.3 Å². The molecule has 0 bridgehead atoms. The molecule has 2 aromatic carbocycles. The van der Waals surface area contributed by atoms with Crippen LogP contribution in [0.15, 0.2) is 77.4 Å². The lowest BCUT2D eigenvalue weighted by Crippen LogP contribution is -2.07. The van der Waals surface area contributed by atoms with Gasteiger partial charge >= 0.3 is 5.97 Å². The first kappa shape index (κ1) is 20.6. The fraction of sp³-hybridized carbons (Fsp3) is 0.154. The number of hydrogen-bond donors (Lipinski definition) is 0. The molecule has 7 heteroatoms. The second-order valence-electron chi connectivity index (χ2n) is 7.86. The molecule has 0 saturated carbocycles. The zero-order valence-corrected chi connectivity index (χ0v) is 18.4. The van der Waals surface area contributed by atoms with Gasteiger partial charge < -0.3 is 9.26 Å². The van der Waals surface area contributed by atoms with Crippen molar-refractivity contribution in [3.63, 3.8) is 0 Å². The number of benzene rings is 2. The maximum atomic E-state index is 12.0. The molecular formula is C26H22N4O3. The van der Waals surface area contributed by atoms with E-state index < -0.39 is 5.97 Å². The number of carbonyl (C=O) groups is 1. The van der Waals surface area contributed by atoms with Crippen molar-refractivity contribution in [2.75, 3.05) is 0 Å². The molecule has 0 spiro atoms. The van der Waals surface area contributed by atoms with Crippen LogP contribution in [0.25, 0.3) is 16.9 Å². The monoisotopic (exact) mass is 438 g/mol. The summed E-state index contributed by atoms with van der Waals surface area (Å²) in [5.74, 6) is 0.583. The SMILES string of the molecule is CC(=O)Oc1c(Cc2cc(C)no2)nc2c(Cc3ccccc3)nc(-c3ccccc3)cn12. The summed E-state index contributed by atoms with van der Waals surface area (Å²) in [6.07, 6.45) is 2.79. The van der Waals surface area contributed by atoms with Gasteiger partial charge in [-0.1, -0.05) is 65.8 Å². The molecule has 7 nitrogen and oxygen atoms in total. The van der Waals surface area contributed by atoms with Gasteiger partial charge in [0.25, 0.3) is 0 Å². The molecule has 0 aliphatic rings. The number of carbonyl (C=O) groups excluding carboxylic acids is 1. The average Bonchev–Trinajstić information content (AvgIpc) is 3.38. The van der Waals surface area contributed by atoms with Gasteiger partial charge in [0.1, 0.15) is 11.5 Å². The van der Waals surface area contributed by atoms with Crippen molar-refractivity contribution >= 4 is 11.6 Å². The van der Waals surface area contributed by atoms with E-state index in [2.05, 4.69) is 17.3 Å². The molecule has 3 heterocycles. The van der Waals surface area contributed by atoms with Gasteiger partial charge in [-0.2, -0.15) is 0 Å². The second kappa shape index (κ2) is 8.70. The Kier molecular flexibility index (Phi) is 5.44. The lowest BCUT2D eigenvalue weighted by molar-refractivity contribution is -0.132. The van der Waals surface area contributed by atoms with Crippen LogP contribution in [0, 0.1) is 6.92 Å². The zero-order chi connectivity index (χ0) is 22.8. The van der Waals surface area contributed by atoms with Gasteiger partial charge in [0, 0.05) is 31.2 Å². The molecule has 0 unspecified atom stereocenters. The Morgan fingerprint density at radius 1 is 0.970 bits per heavy atom. The Morgan fingerprint density at radius 2 is 1.70 bits per heavy atom. The molecule has 164 valence electrons. The summed E-state index contributed by atoms with van der Waals surface area (Å²) in [5, 5.41) is 3.95. The van der Waals surface area contributed by atoms with Gasteiger partial charge in [0.15, 0.2) is 5.65 Å². The zero-order valence-electron chi connectivity index (χ0n) is 18.4. The Labute approximate surface area is 190 Å². The van der Waals surface area contributed by atoms with Crippen molar-refractivity contribution in [1.29, 1.82) is 0 Å². The van der Waals surface area contributed by atoms with Crippen LogP contribution < -0.4 is 4.74 Å². The van der Waals surface area contributed by atoms with Crippen LogP contribution in [-0.2, 0) is 17.6 Å². The van der Waals surface area contributed by atoms with Gasteiger partial charge in [-0.3, -0.25) is 9.20 Å². The molecule has 0 radical (unpaired) electrons. The van der Waals surface area contributed by atoms with Crippen molar-refractivity contribution < 1.29 is 14.1 Å². The van der Waals surface area contributed by atoms with E-state index >= 15 is 0 Å². The van der Waals surface area contributed by atoms with Crippen molar-refractivity contribution in [3.8, 4) is 17.1 Å². The lowest BCUT2D eigenvalue weighted by atomic mass is 10.1. The van der Waals surface area contributed by atoms with Crippen molar-refractivity contribution in [3.05, 3.63) is 101 Å². The first-order valence-electron chi connectivity index (χ1n) is 10.7. The van der Waals surface area contributed by atoms with Crippen LogP contribution in [0.3, 0.4) is 0 Å². The summed E-state index contributed by atoms with van der Waals surface area (Å²) in [4.78, 5) is 21.8. The van der Waals surface area contributed by atoms with Gasteiger partial charge in [0.2, 0.25) is 5.88 Å². The van der Waals surface area contributed by atoms with E-state index in [1.807, 2.05) is 72.1 Å². The van der Waals surface area contributed by atoms with Crippen molar-refractivity contribution in [2.45, 2.75) is 26.7 Å². The number of fused-ring (bicyclic) bond motifs is 1. The number of nitrogens with zero attached hydrogens (tertiary/aromatic N) is 4. The number of imidazole rings is 1. The predicted molar refractivity (Wildman–Crippen MR) is 123 cm³/mol. The number of esters is 1. The minimum absolute atomic E-state index is 0.344. The van der Waals surface area contributed by atoms with Crippen LogP contribution in [0.5, 0.6) is 5.88 Å². The standard InChI is InChI=1S/C26H22N4O3/c1-17-13-21(33-29-17)15-23-26(32-18(2)31)30-16-24(20-11-7-4-8-12-20)27-22(25(30)28-23)14-19-9-5-3-6-10-19/h3-13,16H,14-15H2,1-2H3. The fourth-order valence-electron chi connectivity index (χ4n) is 3.81. The number of aryl methyl sites for hydroxylation is 1. The highest BCUT2D eigenvalue weighted by Gasteiger charge is 2.22. The van der Waals surface area contributed by atoms with Gasteiger partial charge in [-0.25, -0.2) is 9.97 Å². The molecule has 33 heavy (non-hydrogen) atoms. The maximum absolute atomic E-state index is 12.0. The normalized spacial score (nSPS) is 11.1. The molecule has 0 N–H and O–H groups in total. The number of aromatic nitrogens is 4. The molecule has 0 saturated heterocycles. The Hall–Kier alpha value is -4.26. The van der Waals surface area contributed by atoms with Gasteiger partial charge in [-0.05, 0) is 12.5 Å². The second-order valence-corrected chi connectivity index (χ2v) is 7.86. The quantitative estimate of drug-likeness (QED) is 0.354. The summed E-state index contributed by atoms with van der Waals surface area (Å²) >= 11 is 0. The predicted octanol–water partition coefficient (Wildman–Crippen LogP) is 4.80. The van der Waals surface area contributed by atoms with Crippen molar-refractivity contribution in [2.24, 2.45) is 0 Å².